The third-order valence-corrected chi connectivity index (χ3v) is 13.9. The van der Waals surface area contributed by atoms with Gasteiger partial charge >= 0.3 is 0 Å². The number of nitrogens with zero attached hydrogens (tertiary/aromatic N) is 1. The number of fused-ring (bicyclic) bond motifs is 5. The fourth-order valence-corrected chi connectivity index (χ4v) is 11.7. The van der Waals surface area contributed by atoms with Gasteiger partial charge in [-0.15, -0.1) is 11.8 Å². The van der Waals surface area contributed by atoms with Crippen molar-refractivity contribution in [3.8, 4) is 0 Å². The molecule has 1 amide bonds. The first-order chi connectivity index (χ1) is 15.6. The van der Waals surface area contributed by atoms with Gasteiger partial charge in [0.2, 0.25) is 5.91 Å². The molecule has 188 valence electrons. The number of carbonyl (C=O) groups is 1. The van der Waals surface area contributed by atoms with Crippen molar-refractivity contribution >= 4 is 17.7 Å². The number of hydrogen-bond acceptors (Lipinski definition) is 2. The Morgan fingerprint density at radius 1 is 0.939 bits per heavy atom. The Morgan fingerprint density at radius 2 is 1.70 bits per heavy atom. The Kier molecular flexibility index (Phi) is 6.49. The maximum atomic E-state index is 12.4. The zero-order valence-electron chi connectivity index (χ0n) is 22.5. The van der Waals surface area contributed by atoms with Crippen LogP contribution in [0.3, 0.4) is 0 Å². The van der Waals surface area contributed by atoms with E-state index in [-0.39, 0.29) is 4.87 Å². The molecule has 5 aliphatic rings. The lowest BCUT2D eigenvalue weighted by molar-refractivity contribution is -0.139. The van der Waals surface area contributed by atoms with E-state index in [1.54, 1.807) is 0 Å². The van der Waals surface area contributed by atoms with Crippen LogP contribution < -0.4 is 0 Å². The molecule has 0 aromatic heterocycles. The monoisotopic (exact) mass is 473 g/mol. The van der Waals surface area contributed by atoms with Crippen molar-refractivity contribution in [3.63, 3.8) is 0 Å². The van der Waals surface area contributed by atoms with Gasteiger partial charge in [-0.25, -0.2) is 0 Å². The average Bonchev–Trinajstić information content (AvgIpc) is 3.26. The molecular formula is C30H51NOS. The minimum Gasteiger partial charge on any atom is -0.330 e. The summed E-state index contributed by atoms with van der Waals surface area (Å²) in [6.45, 7) is 12.8. The van der Waals surface area contributed by atoms with E-state index in [4.69, 9.17) is 0 Å². The molecule has 33 heavy (non-hydrogen) atoms. The summed E-state index contributed by atoms with van der Waals surface area (Å²) in [5, 5.41) is 0. The highest BCUT2D eigenvalue weighted by Crippen LogP contribution is 2.70. The smallest absolute Gasteiger partial charge is 0.233 e. The highest BCUT2D eigenvalue weighted by molar-refractivity contribution is 8.01. The molecule has 4 aliphatic carbocycles. The normalized spacial score (nSPS) is 48.2. The Bertz CT molecular complexity index is 752. The van der Waals surface area contributed by atoms with E-state index >= 15 is 0 Å². The highest BCUT2D eigenvalue weighted by atomic mass is 32.2. The third-order valence-electron chi connectivity index (χ3n) is 12.3. The second-order valence-corrected chi connectivity index (χ2v) is 15.4. The zero-order chi connectivity index (χ0) is 23.6. The fraction of sp³-hybridized carbons (Fsp3) is 0.967. The second kappa shape index (κ2) is 8.74. The Hall–Kier alpha value is -0.180. The molecule has 5 rings (SSSR count). The predicted molar refractivity (Wildman–Crippen MR) is 141 cm³/mol. The molecule has 9 atom stereocenters. The molecular weight excluding hydrogens is 422 g/mol. The molecule has 1 saturated heterocycles. The van der Waals surface area contributed by atoms with Gasteiger partial charge in [-0.1, -0.05) is 53.9 Å². The van der Waals surface area contributed by atoms with E-state index < -0.39 is 0 Å². The molecule has 1 spiro atoms. The first-order valence-electron chi connectivity index (χ1n) is 14.5. The third kappa shape index (κ3) is 3.84. The summed E-state index contributed by atoms with van der Waals surface area (Å²) in [5.41, 5.74) is 1.12. The standard InChI is InChI=1S/C30H51NOS/c1-20(2)8-7-9-21(3)24-12-13-25-23-11-10-22-18-30(31(6)27(32)19-33-30)17-16-28(22,4)26(23)14-15-29(24,25)5/h20-26H,7-19H2,1-6H3/t21-,22+,23+,24-,25+,26+,28+,29-,30+/m1/s1. The molecule has 1 heterocycles. The van der Waals surface area contributed by atoms with Crippen molar-refractivity contribution in [1.82, 2.24) is 4.90 Å². The van der Waals surface area contributed by atoms with Gasteiger partial charge in [-0.3, -0.25) is 4.79 Å². The van der Waals surface area contributed by atoms with Crippen molar-refractivity contribution in [2.24, 2.45) is 52.3 Å². The van der Waals surface area contributed by atoms with Crippen LogP contribution in [0.2, 0.25) is 0 Å². The summed E-state index contributed by atoms with van der Waals surface area (Å²) in [4.78, 5) is 14.6. The van der Waals surface area contributed by atoms with Gasteiger partial charge in [0.1, 0.15) is 0 Å². The number of hydrogen-bond donors (Lipinski definition) is 0. The molecule has 5 fully saturated rings. The summed E-state index contributed by atoms with van der Waals surface area (Å²) < 4.78 is 0. The molecule has 0 aromatic carbocycles. The van der Waals surface area contributed by atoms with E-state index in [2.05, 4.69) is 46.6 Å². The van der Waals surface area contributed by atoms with Crippen molar-refractivity contribution in [2.45, 2.75) is 117 Å². The molecule has 0 unspecified atom stereocenters. The minimum atomic E-state index is 0.126. The predicted octanol–water partition coefficient (Wildman–Crippen LogP) is 8.01. The second-order valence-electron chi connectivity index (χ2n) is 14.1. The minimum absolute atomic E-state index is 0.126. The maximum absolute atomic E-state index is 12.4. The van der Waals surface area contributed by atoms with E-state index in [9.17, 15) is 4.79 Å². The number of carbonyl (C=O) groups excluding carboxylic acids is 1. The highest BCUT2D eigenvalue weighted by Gasteiger charge is 2.62. The van der Waals surface area contributed by atoms with Crippen LogP contribution in [-0.4, -0.2) is 28.5 Å². The van der Waals surface area contributed by atoms with Crippen LogP contribution in [0.1, 0.15) is 112 Å². The first kappa shape index (κ1) is 24.5. The topological polar surface area (TPSA) is 20.3 Å². The van der Waals surface area contributed by atoms with E-state index in [0.717, 1.165) is 41.4 Å². The van der Waals surface area contributed by atoms with Crippen LogP contribution >= 0.6 is 11.8 Å². The maximum Gasteiger partial charge on any atom is 0.233 e. The van der Waals surface area contributed by atoms with Crippen LogP contribution in [0, 0.1) is 52.3 Å². The van der Waals surface area contributed by atoms with Gasteiger partial charge in [0, 0.05) is 7.05 Å². The van der Waals surface area contributed by atoms with Crippen LogP contribution in [-0.2, 0) is 4.79 Å². The first-order valence-corrected chi connectivity index (χ1v) is 15.5. The Balaban J connectivity index is 1.29. The van der Waals surface area contributed by atoms with Gasteiger partial charge in [0.15, 0.2) is 0 Å². The summed E-state index contributed by atoms with van der Waals surface area (Å²) in [6.07, 6.45) is 17.0. The summed E-state index contributed by atoms with van der Waals surface area (Å²) >= 11 is 1.97. The van der Waals surface area contributed by atoms with Crippen molar-refractivity contribution in [2.75, 3.05) is 12.8 Å². The molecule has 0 N–H and O–H groups in total. The quantitative estimate of drug-likeness (QED) is 0.403. The van der Waals surface area contributed by atoms with Crippen LogP contribution in [0.25, 0.3) is 0 Å². The number of thioether (sulfide) groups is 1. The van der Waals surface area contributed by atoms with Crippen LogP contribution in [0.4, 0.5) is 0 Å². The van der Waals surface area contributed by atoms with E-state index in [1.165, 1.54) is 77.0 Å². The lowest BCUT2D eigenvalue weighted by Crippen LogP contribution is -2.57. The van der Waals surface area contributed by atoms with Crippen LogP contribution in [0.15, 0.2) is 0 Å². The Morgan fingerprint density at radius 3 is 2.39 bits per heavy atom. The zero-order valence-corrected chi connectivity index (χ0v) is 23.3. The van der Waals surface area contributed by atoms with Gasteiger partial charge in [0.05, 0.1) is 10.6 Å². The molecule has 2 nitrogen and oxygen atoms in total. The lowest BCUT2D eigenvalue weighted by Gasteiger charge is -2.63. The van der Waals surface area contributed by atoms with Gasteiger partial charge in [0.25, 0.3) is 0 Å². The fourth-order valence-electron chi connectivity index (χ4n) is 10.3. The largest absolute Gasteiger partial charge is 0.330 e. The van der Waals surface area contributed by atoms with Crippen LogP contribution in [0.5, 0.6) is 0 Å². The molecule has 0 bridgehead atoms. The lowest BCUT2D eigenvalue weighted by atomic mass is 9.44. The molecule has 3 heteroatoms. The van der Waals surface area contributed by atoms with Gasteiger partial charge in [-0.2, -0.15) is 0 Å². The summed E-state index contributed by atoms with van der Waals surface area (Å²) in [5.74, 6) is 7.52. The van der Waals surface area contributed by atoms with Gasteiger partial charge in [-0.05, 0) is 110 Å². The van der Waals surface area contributed by atoms with Crippen molar-refractivity contribution in [1.29, 1.82) is 0 Å². The SMILES string of the molecule is CC(C)CCC[C@@H](C)[C@H]1CC[C@H]2[C@@H]3CC[C@H]4C[C@]5(CC[C@]4(C)[C@H]3CC[C@]12C)SCC(=O)N5C. The molecule has 4 saturated carbocycles. The number of rotatable bonds is 5. The van der Waals surface area contributed by atoms with E-state index in [1.807, 2.05) is 11.8 Å². The van der Waals surface area contributed by atoms with Crippen molar-refractivity contribution < 1.29 is 4.79 Å². The Labute approximate surface area is 208 Å². The molecule has 0 aromatic rings. The summed E-state index contributed by atoms with van der Waals surface area (Å²) in [7, 11) is 2.09. The molecule has 0 radical (unpaired) electrons. The average molecular weight is 474 g/mol. The number of amides is 1. The molecule has 1 aliphatic heterocycles. The van der Waals surface area contributed by atoms with Gasteiger partial charge < -0.3 is 4.90 Å². The van der Waals surface area contributed by atoms with E-state index in [0.29, 0.717) is 22.5 Å². The summed E-state index contributed by atoms with van der Waals surface area (Å²) in [6, 6.07) is 0. The van der Waals surface area contributed by atoms with Crippen molar-refractivity contribution in [3.05, 3.63) is 0 Å².